The second kappa shape index (κ2) is 7.01. The highest BCUT2D eigenvalue weighted by Gasteiger charge is 2.04. The quantitative estimate of drug-likeness (QED) is 0.715. The van der Waals surface area contributed by atoms with Crippen LogP contribution in [0.3, 0.4) is 0 Å². The zero-order valence-electron chi connectivity index (χ0n) is 12.8. The topological polar surface area (TPSA) is 51.5 Å². The third-order valence-electron chi connectivity index (χ3n) is 3.78. The first-order chi connectivity index (χ1) is 11.2. The summed E-state index contributed by atoms with van der Waals surface area (Å²) in [5.74, 6) is 0.0858. The summed E-state index contributed by atoms with van der Waals surface area (Å²) in [5, 5.41) is 9.82. The lowest BCUT2D eigenvalue weighted by Gasteiger charge is -2.08. The number of fused-ring (bicyclic) bond motifs is 1. The lowest BCUT2D eigenvalue weighted by atomic mass is 10.2. The van der Waals surface area contributed by atoms with E-state index >= 15 is 0 Å². The van der Waals surface area contributed by atoms with Crippen molar-refractivity contribution in [3.8, 4) is 5.75 Å². The maximum Gasteiger partial charge on any atom is 0.303 e. The van der Waals surface area contributed by atoms with Gasteiger partial charge in [0.1, 0.15) is 12.4 Å². The van der Waals surface area contributed by atoms with Gasteiger partial charge < -0.3 is 14.4 Å². The van der Waals surface area contributed by atoms with Crippen LogP contribution in [0.15, 0.2) is 60.8 Å². The van der Waals surface area contributed by atoms with E-state index in [4.69, 9.17) is 9.84 Å². The van der Waals surface area contributed by atoms with Crippen molar-refractivity contribution in [3.63, 3.8) is 0 Å². The molecule has 3 aromatic rings. The Bertz CT molecular complexity index is 793. The number of benzene rings is 2. The molecule has 3 rings (SSSR count). The van der Waals surface area contributed by atoms with Crippen LogP contribution in [0.1, 0.15) is 18.4 Å². The van der Waals surface area contributed by atoms with Crippen LogP contribution in [-0.4, -0.2) is 15.6 Å². The Morgan fingerprint density at radius 3 is 2.70 bits per heavy atom. The molecular weight excluding hydrogens is 290 g/mol. The van der Waals surface area contributed by atoms with Gasteiger partial charge in [-0.05, 0) is 36.2 Å². The van der Waals surface area contributed by atoms with Gasteiger partial charge in [-0.3, -0.25) is 4.79 Å². The molecule has 0 aliphatic carbocycles. The van der Waals surface area contributed by atoms with Gasteiger partial charge in [0.25, 0.3) is 0 Å². The molecule has 0 aliphatic rings. The summed E-state index contributed by atoms with van der Waals surface area (Å²) in [6.45, 7) is 1.26. The standard InChI is InChI=1S/C19H19NO3/c21-19(22)7-4-11-20-12-10-16-13-17(8-9-18(16)20)23-14-15-5-2-1-3-6-15/h1-3,5-6,8-10,12-13H,4,7,11,14H2,(H,21,22). The van der Waals surface area contributed by atoms with Gasteiger partial charge in [-0.25, -0.2) is 0 Å². The number of aliphatic carboxylic acids is 1. The Morgan fingerprint density at radius 2 is 1.91 bits per heavy atom. The molecule has 0 radical (unpaired) electrons. The molecule has 1 heterocycles. The van der Waals surface area contributed by atoms with Crippen LogP contribution >= 0.6 is 0 Å². The van der Waals surface area contributed by atoms with Crippen molar-refractivity contribution in [3.05, 3.63) is 66.4 Å². The smallest absolute Gasteiger partial charge is 0.303 e. The first kappa shape index (κ1) is 15.2. The van der Waals surface area contributed by atoms with E-state index in [0.717, 1.165) is 22.2 Å². The van der Waals surface area contributed by atoms with E-state index < -0.39 is 5.97 Å². The fraction of sp³-hybridized carbons (Fsp3) is 0.211. The van der Waals surface area contributed by atoms with E-state index in [-0.39, 0.29) is 6.42 Å². The van der Waals surface area contributed by atoms with Crippen molar-refractivity contribution in [2.24, 2.45) is 0 Å². The number of carbonyl (C=O) groups is 1. The first-order valence-electron chi connectivity index (χ1n) is 7.70. The molecule has 0 saturated carbocycles. The summed E-state index contributed by atoms with van der Waals surface area (Å²) < 4.78 is 7.92. The van der Waals surface area contributed by atoms with Crippen LogP contribution in [0.5, 0.6) is 5.75 Å². The molecule has 4 nitrogen and oxygen atoms in total. The number of aromatic nitrogens is 1. The van der Waals surface area contributed by atoms with E-state index in [2.05, 4.69) is 4.57 Å². The Balaban J connectivity index is 1.67. The molecule has 0 saturated heterocycles. The van der Waals surface area contributed by atoms with Gasteiger partial charge in [0, 0.05) is 30.1 Å². The van der Waals surface area contributed by atoms with Gasteiger partial charge in [-0.2, -0.15) is 0 Å². The molecule has 1 aromatic heterocycles. The number of ether oxygens (including phenoxy) is 1. The molecule has 2 aromatic carbocycles. The molecule has 0 unspecified atom stereocenters. The number of carboxylic acids is 1. The molecule has 4 heteroatoms. The highest BCUT2D eigenvalue weighted by molar-refractivity contribution is 5.81. The van der Waals surface area contributed by atoms with Crippen LogP contribution in [0, 0.1) is 0 Å². The maximum absolute atomic E-state index is 10.6. The minimum absolute atomic E-state index is 0.192. The highest BCUT2D eigenvalue weighted by Crippen LogP contribution is 2.23. The van der Waals surface area contributed by atoms with Crippen LogP contribution in [0.25, 0.3) is 10.9 Å². The average molecular weight is 309 g/mol. The largest absolute Gasteiger partial charge is 0.489 e. The minimum Gasteiger partial charge on any atom is -0.489 e. The molecule has 23 heavy (non-hydrogen) atoms. The summed E-state index contributed by atoms with van der Waals surface area (Å²) in [4.78, 5) is 10.6. The van der Waals surface area contributed by atoms with Gasteiger partial charge in [-0.15, -0.1) is 0 Å². The van der Waals surface area contributed by atoms with Crippen molar-refractivity contribution in [1.82, 2.24) is 4.57 Å². The second-order valence-corrected chi connectivity index (χ2v) is 5.50. The minimum atomic E-state index is -0.752. The number of carboxylic acid groups (broad SMARTS) is 1. The Kier molecular flexibility index (Phi) is 4.62. The van der Waals surface area contributed by atoms with Crippen molar-refractivity contribution in [1.29, 1.82) is 0 Å². The molecule has 118 valence electrons. The SMILES string of the molecule is O=C(O)CCCn1ccc2cc(OCc3ccccc3)ccc21. The average Bonchev–Trinajstić information content (AvgIpc) is 2.96. The Morgan fingerprint density at radius 1 is 1.09 bits per heavy atom. The van der Waals surface area contributed by atoms with E-state index in [9.17, 15) is 4.79 Å². The van der Waals surface area contributed by atoms with E-state index in [1.807, 2.05) is 60.8 Å². The Labute approximate surface area is 134 Å². The number of aryl methyl sites for hydroxylation is 1. The third kappa shape index (κ3) is 3.92. The van der Waals surface area contributed by atoms with Crippen molar-refractivity contribution >= 4 is 16.9 Å². The van der Waals surface area contributed by atoms with E-state index in [0.29, 0.717) is 19.6 Å². The van der Waals surface area contributed by atoms with Gasteiger partial charge in [0.15, 0.2) is 0 Å². The fourth-order valence-electron chi connectivity index (χ4n) is 2.60. The first-order valence-corrected chi connectivity index (χ1v) is 7.70. The van der Waals surface area contributed by atoms with Gasteiger partial charge >= 0.3 is 5.97 Å². The molecule has 0 bridgehead atoms. The van der Waals surface area contributed by atoms with Gasteiger partial charge in [0.2, 0.25) is 0 Å². The Hall–Kier alpha value is -2.75. The number of hydrogen-bond acceptors (Lipinski definition) is 2. The number of nitrogens with zero attached hydrogens (tertiary/aromatic N) is 1. The fourth-order valence-corrected chi connectivity index (χ4v) is 2.60. The zero-order valence-corrected chi connectivity index (χ0v) is 12.8. The van der Waals surface area contributed by atoms with Crippen LogP contribution in [-0.2, 0) is 17.9 Å². The molecule has 0 atom stereocenters. The van der Waals surface area contributed by atoms with Crippen molar-refractivity contribution in [2.75, 3.05) is 0 Å². The summed E-state index contributed by atoms with van der Waals surface area (Å²) >= 11 is 0. The summed E-state index contributed by atoms with van der Waals surface area (Å²) in [6.07, 6.45) is 2.82. The van der Waals surface area contributed by atoms with Crippen LogP contribution < -0.4 is 4.74 Å². The number of hydrogen-bond donors (Lipinski definition) is 1. The summed E-state index contributed by atoms with van der Waals surface area (Å²) in [7, 11) is 0. The lowest BCUT2D eigenvalue weighted by molar-refractivity contribution is -0.137. The molecule has 0 amide bonds. The molecule has 0 spiro atoms. The number of rotatable bonds is 7. The molecule has 0 fully saturated rings. The van der Waals surface area contributed by atoms with Crippen molar-refractivity contribution < 1.29 is 14.6 Å². The molecule has 0 aliphatic heterocycles. The predicted molar refractivity (Wildman–Crippen MR) is 89.6 cm³/mol. The van der Waals surface area contributed by atoms with E-state index in [1.54, 1.807) is 0 Å². The summed E-state index contributed by atoms with van der Waals surface area (Å²) in [6, 6.07) is 18.1. The van der Waals surface area contributed by atoms with Gasteiger partial charge in [0.05, 0.1) is 0 Å². The summed E-state index contributed by atoms with van der Waals surface area (Å²) in [5.41, 5.74) is 2.24. The van der Waals surface area contributed by atoms with Crippen LogP contribution in [0.2, 0.25) is 0 Å². The monoisotopic (exact) mass is 309 g/mol. The molecular formula is C19H19NO3. The zero-order chi connectivity index (χ0) is 16.1. The van der Waals surface area contributed by atoms with Crippen LogP contribution in [0.4, 0.5) is 0 Å². The molecule has 1 N–H and O–H groups in total. The van der Waals surface area contributed by atoms with E-state index in [1.165, 1.54) is 0 Å². The predicted octanol–water partition coefficient (Wildman–Crippen LogP) is 4.09. The van der Waals surface area contributed by atoms with Gasteiger partial charge in [-0.1, -0.05) is 30.3 Å². The van der Waals surface area contributed by atoms with Crippen molar-refractivity contribution in [2.45, 2.75) is 26.0 Å². The normalized spacial score (nSPS) is 10.8. The lowest BCUT2D eigenvalue weighted by Crippen LogP contribution is -2.00. The second-order valence-electron chi connectivity index (χ2n) is 5.50. The third-order valence-corrected chi connectivity index (χ3v) is 3.78. The maximum atomic E-state index is 10.6. The highest BCUT2D eigenvalue weighted by atomic mass is 16.5.